The van der Waals surface area contributed by atoms with Crippen LogP contribution in [0.5, 0.6) is 0 Å². The highest BCUT2D eigenvalue weighted by Crippen LogP contribution is 2.31. The lowest BCUT2D eigenvalue weighted by atomic mass is 9.94. The van der Waals surface area contributed by atoms with Crippen LogP contribution in [-0.2, 0) is 9.53 Å². The zero-order valence-corrected chi connectivity index (χ0v) is 20.0. The summed E-state index contributed by atoms with van der Waals surface area (Å²) in [5, 5.41) is 3.10. The van der Waals surface area contributed by atoms with E-state index in [2.05, 4.69) is 10.3 Å². The van der Waals surface area contributed by atoms with Crippen LogP contribution in [0, 0.1) is 5.82 Å². The van der Waals surface area contributed by atoms with E-state index in [0.717, 1.165) is 32.1 Å². The first-order valence-corrected chi connectivity index (χ1v) is 12.0. The van der Waals surface area contributed by atoms with E-state index in [1.54, 1.807) is 36.4 Å². The van der Waals surface area contributed by atoms with Gasteiger partial charge in [-0.25, -0.2) is 9.18 Å². The molecular weight excluding hydrogens is 461 g/mol. The SMILES string of the molecule is COC(=O)c1cccc(N(C(=O)c2ccccn2)[C@@H](C(=O)NC2CCCCC2)c2ccc(F)cc2)c1. The molecule has 1 aromatic heterocycles. The third kappa shape index (κ3) is 5.76. The van der Waals surface area contributed by atoms with Crippen LogP contribution in [-0.4, -0.2) is 35.9 Å². The number of esters is 1. The van der Waals surface area contributed by atoms with Crippen molar-refractivity contribution in [3.8, 4) is 0 Å². The Morgan fingerprint density at radius 1 is 1.00 bits per heavy atom. The Morgan fingerprint density at radius 3 is 2.42 bits per heavy atom. The summed E-state index contributed by atoms with van der Waals surface area (Å²) in [4.78, 5) is 45.4. The second kappa shape index (κ2) is 11.6. The summed E-state index contributed by atoms with van der Waals surface area (Å²) in [6, 6.07) is 15.6. The molecule has 7 nitrogen and oxygen atoms in total. The lowest BCUT2D eigenvalue weighted by molar-refractivity contribution is -0.123. The van der Waals surface area contributed by atoms with Crippen molar-refractivity contribution in [3.63, 3.8) is 0 Å². The molecule has 1 aliphatic carbocycles. The number of hydrogen-bond donors (Lipinski definition) is 1. The minimum absolute atomic E-state index is 0.0117. The molecule has 0 saturated heterocycles. The Hall–Kier alpha value is -4.07. The Labute approximate surface area is 209 Å². The number of hydrogen-bond acceptors (Lipinski definition) is 5. The van der Waals surface area contributed by atoms with Crippen molar-refractivity contribution in [3.05, 3.63) is 95.6 Å². The molecule has 1 fully saturated rings. The molecule has 4 rings (SSSR count). The van der Waals surface area contributed by atoms with E-state index in [9.17, 15) is 18.8 Å². The van der Waals surface area contributed by atoms with Crippen LogP contribution in [0.15, 0.2) is 72.9 Å². The quantitative estimate of drug-likeness (QED) is 0.480. The van der Waals surface area contributed by atoms with Gasteiger partial charge in [-0.15, -0.1) is 0 Å². The maximum atomic E-state index is 13.9. The highest BCUT2D eigenvalue weighted by Gasteiger charge is 2.35. The van der Waals surface area contributed by atoms with Gasteiger partial charge in [-0.1, -0.05) is 43.5 Å². The van der Waals surface area contributed by atoms with Gasteiger partial charge in [-0.2, -0.15) is 0 Å². The molecule has 2 amide bonds. The van der Waals surface area contributed by atoms with Gasteiger partial charge in [0.05, 0.1) is 12.7 Å². The van der Waals surface area contributed by atoms with Crippen molar-refractivity contribution in [2.24, 2.45) is 0 Å². The van der Waals surface area contributed by atoms with E-state index in [0.29, 0.717) is 11.3 Å². The van der Waals surface area contributed by atoms with Crippen LogP contribution < -0.4 is 10.2 Å². The number of anilines is 1. The van der Waals surface area contributed by atoms with Crippen molar-refractivity contribution in [2.45, 2.75) is 44.2 Å². The molecule has 3 aromatic rings. The van der Waals surface area contributed by atoms with E-state index < -0.39 is 23.7 Å². The number of benzene rings is 2. The maximum absolute atomic E-state index is 13.9. The first-order valence-electron chi connectivity index (χ1n) is 12.0. The van der Waals surface area contributed by atoms with Gasteiger partial charge in [0.25, 0.3) is 5.91 Å². The molecule has 2 aromatic carbocycles. The summed E-state index contributed by atoms with van der Waals surface area (Å²) in [6.45, 7) is 0. The molecule has 1 atom stereocenters. The molecule has 0 unspecified atom stereocenters. The average molecular weight is 490 g/mol. The zero-order chi connectivity index (χ0) is 25.5. The second-order valence-corrected chi connectivity index (χ2v) is 8.73. The molecule has 0 bridgehead atoms. The number of aromatic nitrogens is 1. The number of carbonyl (C=O) groups is 3. The van der Waals surface area contributed by atoms with Crippen LogP contribution in [0.3, 0.4) is 0 Å². The Bertz CT molecular complexity index is 1210. The molecule has 186 valence electrons. The van der Waals surface area contributed by atoms with Gasteiger partial charge < -0.3 is 10.1 Å². The van der Waals surface area contributed by atoms with Gasteiger partial charge in [0.15, 0.2) is 0 Å². The average Bonchev–Trinajstić information content (AvgIpc) is 2.92. The topological polar surface area (TPSA) is 88.6 Å². The predicted octanol–water partition coefficient (Wildman–Crippen LogP) is 4.84. The molecule has 1 N–H and O–H groups in total. The van der Waals surface area contributed by atoms with Crippen molar-refractivity contribution in [2.75, 3.05) is 12.0 Å². The summed E-state index contributed by atoms with van der Waals surface area (Å²) in [6.07, 6.45) is 6.36. The van der Waals surface area contributed by atoms with Crippen molar-refractivity contribution in [1.82, 2.24) is 10.3 Å². The highest BCUT2D eigenvalue weighted by atomic mass is 19.1. The Balaban J connectivity index is 1.83. The number of nitrogens with zero attached hydrogens (tertiary/aromatic N) is 2. The molecular formula is C28H28FN3O4. The monoisotopic (exact) mass is 489 g/mol. The standard InChI is InChI=1S/C28H28FN3O4/c1-36-28(35)20-8-7-11-23(18-20)32(27(34)24-12-5-6-17-30-24)25(19-13-15-21(29)16-14-19)26(33)31-22-9-3-2-4-10-22/h5-8,11-18,22,25H,2-4,9-10H2,1H3,(H,31,33)/t25-/m1/s1. The number of methoxy groups -OCH3 is 1. The van der Waals surface area contributed by atoms with Gasteiger partial charge in [-0.3, -0.25) is 19.5 Å². The number of rotatable bonds is 7. The summed E-state index contributed by atoms with van der Waals surface area (Å²) < 4.78 is 18.7. The number of ether oxygens (including phenoxy) is 1. The van der Waals surface area contributed by atoms with Gasteiger partial charge in [0.2, 0.25) is 5.91 Å². The Morgan fingerprint density at radius 2 is 1.75 bits per heavy atom. The smallest absolute Gasteiger partial charge is 0.337 e. The third-order valence-corrected chi connectivity index (χ3v) is 6.29. The van der Waals surface area contributed by atoms with Crippen molar-refractivity contribution < 1.29 is 23.5 Å². The van der Waals surface area contributed by atoms with Crippen LogP contribution in [0.4, 0.5) is 10.1 Å². The van der Waals surface area contributed by atoms with Crippen LogP contribution in [0.1, 0.15) is 64.6 Å². The zero-order valence-electron chi connectivity index (χ0n) is 20.0. The van der Waals surface area contributed by atoms with Crippen LogP contribution in [0.2, 0.25) is 0 Å². The number of pyridine rings is 1. The molecule has 0 spiro atoms. The summed E-state index contributed by atoms with van der Waals surface area (Å²) in [7, 11) is 1.27. The second-order valence-electron chi connectivity index (χ2n) is 8.73. The normalized spacial score (nSPS) is 14.5. The highest BCUT2D eigenvalue weighted by molar-refractivity contribution is 6.09. The number of carbonyl (C=O) groups excluding carboxylic acids is 3. The molecule has 1 aliphatic rings. The first kappa shape index (κ1) is 25.0. The van der Waals surface area contributed by atoms with Gasteiger partial charge in [-0.05, 0) is 60.9 Å². The molecule has 0 aliphatic heterocycles. The van der Waals surface area contributed by atoms with E-state index in [-0.39, 0.29) is 23.2 Å². The van der Waals surface area contributed by atoms with E-state index in [4.69, 9.17) is 4.74 Å². The van der Waals surface area contributed by atoms with Crippen LogP contribution in [0.25, 0.3) is 0 Å². The minimum Gasteiger partial charge on any atom is -0.465 e. The number of amides is 2. The van der Waals surface area contributed by atoms with Gasteiger partial charge in [0.1, 0.15) is 17.6 Å². The third-order valence-electron chi connectivity index (χ3n) is 6.29. The summed E-state index contributed by atoms with van der Waals surface area (Å²) >= 11 is 0. The fraction of sp³-hybridized carbons (Fsp3) is 0.286. The minimum atomic E-state index is -1.13. The van der Waals surface area contributed by atoms with Crippen molar-refractivity contribution in [1.29, 1.82) is 0 Å². The number of nitrogens with one attached hydrogen (secondary N) is 1. The Kier molecular flexibility index (Phi) is 8.05. The van der Waals surface area contributed by atoms with Gasteiger partial charge in [0, 0.05) is 17.9 Å². The molecule has 0 radical (unpaired) electrons. The van der Waals surface area contributed by atoms with Crippen molar-refractivity contribution >= 4 is 23.5 Å². The maximum Gasteiger partial charge on any atom is 0.337 e. The lowest BCUT2D eigenvalue weighted by Crippen LogP contribution is -2.47. The summed E-state index contributed by atoms with van der Waals surface area (Å²) in [5.41, 5.74) is 1.08. The van der Waals surface area contributed by atoms with Gasteiger partial charge >= 0.3 is 5.97 Å². The molecule has 1 heterocycles. The predicted molar refractivity (Wildman–Crippen MR) is 133 cm³/mol. The molecule has 8 heteroatoms. The fourth-order valence-corrected chi connectivity index (χ4v) is 4.49. The number of halogens is 1. The first-order chi connectivity index (χ1) is 17.5. The summed E-state index contributed by atoms with van der Waals surface area (Å²) in [5.74, 6) is -1.96. The van der Waals surface area contributed by atoms with E-state index >= 15 is 0 Å². The van der Waals surface area contributed by atoms with Crippen LogP contribution >= 0.6 is 0 Å². The van der Waals surface area contributed by atoms with E-state index in [1.165, 1.54) is 48.5 Å². The molecule has 1 saturated carbocycles. The molecule has 36 heavy (non-hydrogen) atoms. The fourth-order valence-electron chi connectivity index (χ4n) is 4.49. The van der Waals surface area contributed by atoms with E-state index in [1.807, 2.05) is 0 Å². The lowest BCUT2D eigenvalue weighted by Gasteiger charge is -2.33. The largest absolute Gasteiger partial charge is 0.465 e.